The van der Waals surface area contributed by atoms with Gasteiger partial charge in [0, 0.05) is 11.8 Å². The van der Waals surface area contributed by atoms with Gasteiger partial charge in [0.15, 0.2) is 28.7 Å². The number of benzene rings is 2. The topological polar surface area (TPSA) is 111 Å². The van der Waals surface area contributed by atoms with Gasteiger partial charge in [-0.25, -0.2) is 4.79 Å². The summed E-state index contributed by atoms with van der Waals surface area (Å²) in [5, 5.41) is 2.90. The molecular formula is C31H39NO9Si. The Morgan fingerprint density at radius 2 is 1.67 bits per heavy atom. The molecule has 1 saturated heterocycles. The Hall–Kier alpha value is -3.86. The number of cyclic esters (lactones) is 1. The molecule has 0 radical (unpaired) electrons. The van der Waals surface area contributed by atoms with Gasteiger partial charge in [0.2, 0.25) is 6.79 Å². The van der Waals surface area contributed by atoms with Crippen LogP contribution in [0.5, 0.6) is 28.7 Å². The van der Waals surface area contributed by atoms with Crippen molar-refractivity contribution in [3.63, 3.8) is 0 Å². The van der Waals surface area contributed by atoms with Crippen LogP contribution < -0.4 is 28.7 Å². The summed E-state index contributed by atoms with van der Waals surface area (Å²) in [5.74, 6) is 0.896. The Bertz CT molecular complexity index is 1370. The minimum Gasteiger partial charge on any atom is -0.539 e. The molecule has 1 amide bonds. The largest absolute Gasteiger partial charge is 0.539 e. The van der Waals surface area contributed by atoms with E-state index in [1.54, 1.807) is 14.2 Å². The minimum atomic E-state index is -2.26. The van der Waals surface area contributed by atoms with Gasteiger partial charge in [0.25, 0.3) is 8.32 Å². The quantitative estimate of drug-likeness (QED) is 0.233. The summed E-state index contributed by atoms with van der Waals surface area (Å²) in [6.45, 7) is 14.7. The van der Waals surface area contributed by atoms with Crippen molar-refractivity contribution in [2.24, 2.45) is 11.8 Å². The van der Waals surface area contributed by atoms with E-state index in [4.69, 9.17) is 32.8 Å². The molecule has 2 aromatic carbocycles. The van der Waals surface area contributed by atoms with E-state index >= 15 is 0 Å². The van der Waals surface area contributed by atoms with Crippen LogP contribution in [-0.2, 0) is 14.3 Å². The van der Waals surface area contributed by atoms with Gasteiger partial charge in [0.05, 0.1) is 32.8 Å². The van der Waals surface area contributed by atoms with E-state index < -0.39 is 32.3 Å². The number of esters is 1. The van der Waals surface area contributed by atoms with E-state index in [2.05, 4.69) is 45.8 Å². The number of nitrogens with one attached hydrogen (secondary N) is 1. The standard InChI is InChI=1S/C31H39NO9Si/c1-9-10-37-30(34)32-27-19-14-22-21(39-16-40-22)13-18(19)25(26-20(27)15-38-29(26)33)17-11-23(35-5)28(24(12-17)36-6)41-42(7,8)31(2,3)4/h9,11-14,20,25-27H,1,10,15-16H2,2-8H3,(H,32,34)/t20-,25+,26-,27+/m0/s1. The zero-order chi connectivity index (χ0) is 30.4. The van der Waals surface area contributed by atoms with Crippen LogP contribution in [0.25, 0.3) is 0 Å². The van der Waals surface area contributed by atoms with Gasteiger partial charge in [-0.05, 0) is 59.1 Å². The minimum absolute atomic E-state index is 0.0535. The Balaban J connectivity index is 1.66. The number of amides is 1. The van der Waals surface area contributed by atoms with Crippen LogP contribution >= 0.6 is 0 Å². The second-order valence-electron chi connectivity index (χ2n) is 12.3. The molecule has 2 aromatic rings. The highest BCUT2D eigenvalue weighted by Gasteiger charge is 2.53. The molecule has 0 aromatic heterocycles. The highest BCUT2D eigenvalue weighted by Crippen LogP contribution is 2.56. The second kappa shape index (κ2) is 11.1. The maximum Gasteiger partial charge on any atom is 0.407 e. The van der Waals surface area contributed by atoms with Crippen molar-refractivity contribution in [1.29, 1.82) is 0 Å². The molecule has 226 valence electrons. The number of methoxy groups -OCH3 is 2. The van der Waals surface area contributed by atoms with E-state index in [1.165, 1.54) is 6.08 Å². The number of ether oxygens (including phenoxy) is 6. The first kappa shape index (κ1) is 29.6. The Labute approximate surface area is 247 Å². The van der Waals surface area contributed by atoms with E-state index in [9.17, 15) is 9.59 Å². The van der Waals surface area contributed by atoms with Crippen molar-refractivity contribution in [3.8, 4) is 28.7 Å². The number of hydrogen-bond donors (Lipinski definition) is 1. The first-order valence-electron chi connectivity index (χ1n) is 14.0. The van der Waals surface area contributed by atoms with Gasteiger partial charge in [0.1, 0.15) is 6.61 Å². The lowest BCUT2D eigenvalue weighted by molar-refractivity contribution is -0.141. The summed E-state index contributed by atoms with van der Waals surface area (Å²) < 4.78 is 40.7. The van der Waals surface area contributed by atoms with Crippen molar-refractivity contribution in [2.75, 3.05) is 34.2 Å². The zero-order valence-electron chi connectivity index (χ0n) is 25.2. The molecule has 0 bridgehead atoms. The molecule has 10 nitrogen and oxygen atoms in total. The van der Waals surface area contributed by atoms with Gasteiger partial charge in [-0.2, -0.15) is 0 Å². The number of rotatable bonds is 8. The number of alkyl carbamates (subject to hydrolysis) is 1. The maximum absolute atomic E-state index is 13.4. The Morgan fingerprint density at radius 3 is 2.24 bits per heavy atom. The lowest BCUT2D eigenvalue weighted by atomic mass is 9.65. The predicted octanol–water partition coefficient (Wildman–Crippen LogP) is 5.70. The fourth-order valence-corrected chi connectivity index (χ4v) is 6.66. The van der Waals surface area contributed by atoms with Crippen molar-refractivity contribution in [1.82, 2.24) is 5.32 Å². The third-order valence-electron chi connectivity index (χ3n) is 8.80. The van der Waals surface area contributed by atoms with Crippen molar-refractivity contribution in [2.45, 2.75) is 50.9 Å². The molecule has 5 rings (SSSR count). The summed E-state index contributed by atoms with van der Waals surface area (Å²) in [7, 11) is 0.920. The van der Waals surface area contributed by atoms with Crippen LogP contribution in [0.3, 0.4) is 0 Å². The monoisotopic (exact) mass is 597 g/mol. The van der Waals surface area contributed by atoms with Gasteiger partial charge >= 0.3 is 12.1 Å². The molecule has 1 aliphatic carbocycles. The summed E-state index contributed by atoms with van der Waals surface area (Å²) in [5.41, 5.74) is 2.38. The number of fused-ring (bicyclic) bond motifs is 3. The zero-order valence-corrected chi connectivity index (χ0v) is 26.2. The van der Waals surface area contributed by atoms with E-state index in [-0.39, 0.29) is 36.9 Å². The molecule has 42 heavy (non-hydrogen) atoms. The fraction of sp³-hybridized carbons (Fsp3) is 0.484. The Kier molecular flexibility index (Phi) is 7.82. The summed E-state index contributed by atoms with van der Waals surface area (Å²) in [4.78, 5) is 26.1. The van der Waals surface area contributed by atoms with Gasteiger partial charge in [-0.3, -0.25) is 4.79 Å². The number of carbonyl (C=O) groups excluding carboxylic acids is 2. The summed E-state index contributed by atoms with van der Waals surface area (Å²) in [6, 6.07) is 6.99. The predicted molar refractivity (Wildman–Crippen MR) is 157 cm³/mol. The smallest absolute Gasteiger partial charge is 0.407 e. The van der Waals surface area contributed by atoms with Crippen LogP contribution in [0.15, 0.2) is 36.9 Å². The van der Waals surface area contributed by atoms with Crippen LogP contribution in [0, 0.1) is 11.8 Å². The normalized spacial score (nSPS) is 22.4. The third-order valence-corrected chi connectivity index (χ3v) is 13.1. The molecule has 1 N–H and O–H groups in total. The Morgan fingerprint density at radius 1 is 1.05 bits per heavy atom. The van der Waals surface area contributed by atoms with Crippen molar-refractivity contribution >= 4 is 20.4 Å². The van der Waals surface area contributed by atoms with Gasteiger partial charge < -0.3 is 38.2 Å². The lowest BCUT2D eigenvalue weighted by Crippen LogP contribution is -2.44. The van der Waals surface area contributed by atoms with E-state index in [1.807, 2.05) is 24.3 Å². The molecule has 0 saturated carbocycles. The first-order valence-corrected chi connectivity index (χ1v) is 16.9. The molecule has 11 heteroatoms. The van der Waals surface area contributed by atoms with Crippen LogP contribution in [0.1, 0.15) is 49.4 Å². The van der Waals surface area contributed by atoms with E-state index in [0.717, 1.165) is 16.7 Å². The second-order valence-corrected chi connectivity index (χ2v) is 17.0. The number of hydrogen-bond acceptors (Lipinski definition) is 9. The van der Waals surface area contributed by atoms with Crippen molar-refractivity contribution < 1.29 is 42.4 Å². The molecule has 2 aliphatic heterocycles. The highest BCUT2D eigenvalue weighted by atomic mass is 28.4. The summed E-state index contributed by atoms with van der Waals surface area (Å²) in [6.07, 6.45) is 0.878. The average molecular weight is 598 g/mol. The molecule has 0 spiro atoms. The highest BCUT2D eigenvalue weighted by molar-refractivity contribution is 6.74. The molecule has 0 unspecified atom stereocenters. The third kappa shape index (κ3) is 5.14. The SMILES string of the molecule is C=CCOC(=O)N[C@@H]1c2cc3c(cc2[C@@H](c2cc(OC)c(O[Si](C)(C)C(C)(C)C)c(OC)c2)[C@H]2C(=O)OC[C@@H]21)OCO3. The van der Waals surface area contributed by atoms with Crippen LogP contribution in [-0.4, -0.2) is 54.6 Å². The molecule has 2 heterocycles. The first-order chi connectivity index (χ1) is 19.9. The lowest BCUT2D eigenvalue weighted by Gasteiger charge is -2.40. The van der Waals surface area contributed by atoms with Crippen LogP contribution in [0.2, 0.25) is 18.1 Å². The van der Waals surface area contributed by atoms with Gasteiger partial charge in [-0.1, -0.05) is 33.4 Å². The maximum atomic E-state index is 13.4. The van der Waals surface area contributed by atoms with E-state index in [0.29, 0.717) is 28.7 Å². The van der Waals surface area contributed by atoms with Crippen LogP contribution in [0.4, 0.5) is 4.79 Å². The molecule has 1 fully saturated rings. The number of carbonyl (C=O) groups is 2. The molecular weight excluding hydrogens is 558 g/mol. The average Bonchev–Trinajstić information content (AvgIpc) is 3.56. The van der Waals surface area contributed by atoms with Crippen molar-refractivity contribution in [3.05, 3.63) is 53.6 Å². The fourth-order valence-electron chi connectivity index (χ4n) is 5.64. The van der Waals surface area contributed by atoms with Gasteiger partial charge in [-0.15, -0.1) is 0 Å². The summed E-state index contributed by atoms with van der Waals surface area (Å²) >= 11 is 0. The molecule has 3 aliphatic rings. The molecule has 4 atom stereocenters.